The summed E-state index contributed by atoms with van der Waals surface area (Å²) in [7, 11) is -1.09. The SMILES string of the molecule is CC(C)CC(NC(=O)OC(C)(C)C)C(=O)N=[S@](N)c1cc(Cl)cs1. The number of thiophene rings is 1. The predicted molar refractivity (Wildman–Crippen MR) is 99.2 cm³/mol. The van der Waals surface area contributed by atoms with E-state index in [1.807, 2.05) is 13.8 Å². The van der Waals surface area contributed by atoms with Crippen molar-refractivity contribution in [1.29, 1.82) is 0 Å². The molecule has 0 aliphatic heterocycles. The number of hydrogen-bond donors (Lipinski definition) is 2. The highest BCUT2D eigenvalue weighted by Crippen LogP contribution is 2.22. The maximum Gasteiger partial charge on any atom is 0.408 e. The van der Waals surface area contributed by atoms with Crippen LogP contribution in [0.15, 0.2) is 20.0 Å². The van der Waals surface area contributed by atoms with E-state index in [0.717, 1.165) is 0 Å². The molecule has 0 aliphatic rings. The van der Waals surface area contributed by atoms with Gasteiger partial charge in [0.2, 0.25) is 0 Å². The molecule has 0 saturated carbocycles. The van der Waals surface area contributed by atoms with Gasteiger partial charge in [0.25, 0.3) is 5.91 Å². The van der Waals surface area contributed by atoms with Gasteiger partial charge < -0.3 is 10.1 Å². The molecule has 1 aromatic heterocycles. The third-order valence-electron chi connectivity index (χ3n) is 2.63. The maximum absolute atomic E-state index is 12.4. The van der Waals surface area contributed by atoms with Gasteiger partial charge in [0.1, 0.15) is 11.6 Å². The van der Waals surface area contributed by atoms with Gasteiger partial charge in [-0.05, 0) is 39.2 Å². The number of nitrogens with two attached hydrogens (primary N) is 1. The number of alkyl carbamates (subject to hydrolysis) is 1. The normalized spacial score (nSPS) is 14.5. The number of amides is 2. The number of hydrogen-bond acceptors (Lipinski definition) is 4. The molecule has 136 valence electrons. The van der Waals surface area contributed by atoms with Gasteiger partial charge in [-0.15, -0.1) is 11.3 Å². The quantitative estimate of drug-likeness (QED) is 0.793. The lowest BCUT2D eigenvalue weighted by molar-refractivity contribution is -0.120. The van der Waals surface area contributed by atoms with Gasteiger partial charge in [-0.3, -0.25) is 9.93 Å². The lowest BCUT2D eigenvalue weighted by atomic mass is 10.0. The van der Waals surface area contributed by atoms with E-state index in [1.54, 1.807) is 32.2 Å². The Morgan fingerprint density at radius 3 is 2.54 bits per heavy atom. The number of rotatable bonds is 5. The van der Waals surface area contributed by atoms with Crippen LogP contribution in [-0.2, 0) is 20.4 Å². The van der Waals surface area contributed by atoms with Crippen molar-refractivity contribution < 1.29 is 14.3 Å². The molecule has 3 N–H and O–H groups in total. The van der Waals surface area contributed by atoms with E-state index in [-0.39, 0.29) is 5.92 Å². The van der Waals surface area contributed by atoms with Crippen LogP contribution in [0.1, 0.15) is 41.0 Å². The summed E-state index contributed by atoms with van der Waals surface area (Å²) in [5.74, 6) is -0.273. The molecule has 1 unspecified atom stereocenters. The zero-order valence-electron chi connectivity index (χ0n) is 14.5. The summed E-state index contributed by atoms with van der Waals surface area (Å²) >= 11 is 7.21. The molecular formula is C15H24ClN3O3S2. The van der Waals surface area contributed by atoms with Crippen LogP contribution in [0.3, 0.4) is 0 Å². The van der Waals surface area contributed by atoms with Gasteiger partial charge in [-0.1, -0.05) is 25.4 Å². The molecule has 1 aromatic rings. The van der Waals surface area contributed by atoms with Gasteiger partial charge in [0.05, 0.1) is 9.23 Å². The molecule has 1 heterocycles. The predicted octanol–water partition coefficient (Wildman–Crippen LogP) is 3.90. The average molecular weight is 394 g/mol. The molecule has 0 fully saturated rings. The van der Waals surface area contributed by atoms with Gasteiger partial charge in [0.15, 0.2) is 0 Å². The van der Waals surface area contributed by atoms with Crippen LogP contribution >= 0.6 is 22.9 Å². The Bertz CT molecular complexity index is 624. The fraction of sp³-hybridized carbons (Fsp3) is 0.600. The number of halogens is 1. The maximum atomic E-state index is 12.4. The summed E-state index contributed by atoms with van der Waals surface area (Å²) in [6.07, 6.45) is -0.197. The van der Waals surface area contributed by atoms with Gasteiger partial charge in [-0.25, -0.2) is 4.79 Å². The first-order valence-corrected chi connectivity index (χ1v) is 9.96. The molecule has 0 saturated heterocycles. The fourth-order valence-electron chi connectivity index (χ4n) is 1.75. The van der Waals surface area contributed by atoms with Crippen molar-refractivity contribution in [2.75, 3.05) is 0 Å². The number of carbonyl (C=O) groups excluding carboxylic acids is 2. The van der Waals surface area contributed by atoms with Crippen LogP contribution in [0.5, 0.6) is 0 Å². The molecule has 6 nitrogen and oxygen atoms in total. The monoisotopic (exact) mass is 393 g/mol. The van der Waals surface area contributed by atoms with E-state index in [2.05, 4.69) is 9.68 Å². The number of nitrogens with zero attached hydrogens (tertiary/aromatic N) is 1. The average Bonchev–Trinajstić information content (AvgIpc) is 2.81. The van der Waals surface area contributed by atoms with Crippen molar-refractivity contribution in [3.05, 3.63) is 16.5 Å². The number of nitrogens with one attached hydrogen (secondary N) is 1. The van der Waals surface area contributed by atoms with Crippen molar-refractivity contribution in [1.82, 2.24) is 5.32 Å². The molecule has 0 radical (unpaired) electrons. The summed E-state index contributed by atoms with van der Waals surface area (Å²) in [5.41, 5.74) is -0.640. The molecule has 2 atom stereocenters. The molecule has 1 rings (SSSR count). The molecule has 2 amide bonds. The lowest BCUT2D eigenvalue weighted by Gasteiger charge is -2.23. The van der Waals surface area contributed by atoms with Crippen LogP contribution < -0.4 is 10.5 Å². The third kappa shape index (κ3) is 7.74. The van der Waals surface area contributed by atoms with E-state index in [0.29, 0.717) is 15.7 Å². The highest BCUT2D eigenvalue weighted by molar-refractivity contribution is 7.87. The number of ether oxygens (including phenoxy) is 1. The minimum atomic E-state index is -1.09. The minimum absolute atomic E-state index is 0.194. The van der Waals surface area contributed by atoms with E-state index < -0.39 is 34.5 Å². The first kappa shape index (κ1) is 21.1. The van der Waals surface area contributed by atoms with Crippen LogP contribution in [0.2, 0.25) is 5.02 Å². The highest BCUT2D eigenvalue weighted by Gasteiger charge is 2.25. The van der Waals surface area contributed by atoms with Crippen molar-refractivity contribution in [3.8, 4) is 0 Å². The summed E-state index contributed by atoms with van der Waals surface area (Å²) < 4.78 is 9.93. The topological polar surface area (TPSA) is 93.8 Å². The molecular weight excluding hydrogens is 370 g/mol. The Hall–Kier alpha value is -0.960. The second-order valence-electron chi connectivity index (χ2n) is 6.66. The van der Waals surface area contributed by atoms with Crippen LogP contribution in [0.4, 0.5) is 4.79 Å². The highest BCUT2D eigenvalue weighted by atomic mass is 35.5. The fourth-order valence-corrected chi connectivity index (χ4v) is 3.93. The van der Waals surface area contributed by atoms with E-state index in [4.69, 9.17) is 21.5 Å². The Balaban J connectivity index is 2.86. The molecule has 9 heteroatoms. The smallest absolute Gasteiger partial charge is 0.408 e. The summed E-state index contributed by atoms with van der Waals surface area (Å²) in [4.78, 5) is 24.4. The standard InChI is InChI=1S/C15H24ClN3O3S2/c1-9(2)6-11(18-14(21)22-15(3,4)5)13(20)19-24(17)12-7-10(16)8-23-12/h7-9,11H,6H2,1-5H3,(H,18,21)(H2,17,19,20)/t11?,24-/m0/s1. The Kier molecular flexibility index (Phi) is 7.85. The van der Waals surface area contributed by atoms with Gasteiger partial charge in [-0.2, -0.15) is 4.36 Å². The van der Waals surface area contributed by atoms with Gasteiger partial charge in [0, 0.05) is 16.3 Å². The van der Waals surface area contributed by atoms with E-state index in [1.165, 1.54) is 11.3 Å². The van der Waals surface area contributed by atoms with E-state index in [9.17, 15) is 9.59 Å². The molecule has 0 spiro atoms. The van der Waals surface area contributed by atoms with Crippen molar-refractivity contribution in [3.63, 3.8) is 0 Å². The second-order valence-corrected chi connectivity index (χ2v) is 9.51. The van der Waals surface area contributed by atoms with Crippen LogP contribution in [0.25, 0.3) is 0 Å². The summed E-state index contributed by atoms with van der Waals surface area (Å²) in [5, 5.41) is 10.8. The van der Waals surface area contributed by atoms with Crippen molar-refractivity contribution in [2.24, 2.45) is 15.4 Å². The Morgan fingerprint density at radius 1 is 1.46 bits per heavy atom. The van der Waals surface area contributed by atoms with Crippen molar-refractivity contribution >= 4 is 45.8 Å². The Morgan fingerprint density at radius 2 is 2.08 bits per heavy atom. The first-order chi connectivity index (χ1) is 11.0. The lowest BCUT2D eigenvalue weighted by Crippen LogP contribution is -2.43. The van der Waals surface area contributed by atoms with Gasteiger partial charge >= 0.3 is 6.09 Å². The number of carbonyl (C=O) groups is 2. The first-order valence-electron chi connectivity index (χ1n) is 7.46. The zero-order chi connectivity index (χ0) is 18.5. The molecule has 0 aromatic carbocycles. The van der Waals surface area contributed by atoms with Crippen molar-refractivity contribution in [2.45, 2.75) is 56.9 Å². The Labute approximate surface area is 154 Å². The third-order valence-corrected chi connectivity index (χ3v) is 5.41. The minimum Gasteiger partial charge on any atom is -0.444 e. The molecule has 0 bridgehead atoms. The molecule has 0 aliphatic carbocycles. The second kappa shape index (κ2) is 8.94. The van der Waals surface area contributed by atoms with Crippen LogP contribution in [0, 0.1) is 5.92 Å². The summed E-state index contributed by atoms with van der Waals surface area (Å²) in [6.45, 7) is 9.19. The summed E-state index contributed by atoms with van der Waals surface area (Å²) in [6, 6.07) is 0.916. The van der Waals surface area contributed by atoms with Crippen LogP contribution in [-0.4, -0.2) is 23.6 Å². The zero-order valence-corrected chi connectivity index (χ0v) is 16.8. The van der Waals surface area contributed by atoms with E-state index >= 15 is 0 Å². The largest absolute Gasteiger partial charge is 0.444 e. The molecule has 24 heavy (non-hydrogen) atoms.